The Labute approximate surface area is 133 Å². The Kier molecular flexibility index (Phi) is 9.24. The van der Waals surface area contributed by atoms with E-state index >= 15 is 0 Å². The van der Waals surface area contributed by atoms with Gasteiger partial charge in [0.05, 0.1) is 0 Å². The van der Waals surface area contributed by atoms with Crippen LogP contribution in [-0.4, -0.2) is 23.9 Å². The van der Waals surface area contributed by atoms with Gasteiger partial charge >= 0.3 is 0 Å². The maximum absolute atomic E-state index is 12.5. The van der Waals surface area contributed by atoms with Crippen LogP contribution in [0.1, 0.15) is 75.8 Å². The Balaban J connectivity index is 2.50. The smallest absolute Gasteiger partial charge is 0.289 e. The second kappa shape index (κ2) is 10.7. The van der Waals surface area contributed by atoms with Crippen LogP contribution in [0.15, 0.2) is 16.5 Å². The van der Waals surface area contributed by atoms with Crippen LogP contribution in [0.2, 0.25) is 5.22 Å². The molecule has 1 amide bonds. The number of hydrogen-bond acceptors (Lipinski definition) is 2. The van der Waals surface area contributed by atoms with Gasteiger partial charge in [0.15, 0.2) is 11.0 Å². The van der Waals surface area contributed by atoms with Gasteiger partial charge in [-0.25, -0.2) is 0 Å². The van der Waals surface area contributed by atoms with Crippen molar-refractivity contribution in [1.29, 1.82) is 0 Å². The van der Waals surface area contributed by atoms with E-state index in [1.165, 1.54) is 38.5 Å². The zero-order valence-electron chi connectivity index (χ0n) is 13.4. The fourth-order valence-corrected chi connectivity index (χ4v) is 2.50. The number of furan rings is 1. The molecule has 0 aliphatic rings. The number of carbonyl (C=O) groups is 1. The summed E-state index contributed by atoms with van der Waals surface area (Å²) in [6.45, 7) is 6.00. The highest BCUT2D eigenvalue weighted by Gasteiger charge is 2.18. The van der Waals surface area contributed by atoms with E-state index < -0.39 is 0 Å². The Morgan fingerprint density at radius 1 is 1.00 bits per heavy atom. The van der Waals surface area contributed by atoms with Gasteiger partial charge in [-0.3, -0.25) is 4.79 Å². The molecule has 0 aromatic carbocycles. The summed E-state index contributed by atoms with van der Waals surface area (Å²) in [5, 5.41) is 0.273. The van der Waals surface area contributed by atoms with Crippen molar-refractivity contribution < 1.29 is 9.21 Å². The van der Waals surface area contributed by atoms with E-state index in [0.717, 1.165) is 25.9 Å². The average molecular weight is 314 g/mol. The molecule has 0 radical (unpaired) electrons. The third-order valence-electron chi connectivity index (χ3n) is 3.63. The molecule has 0 N–H and O–H groups in total. The molecule has 1 aromatic rings. The largest absolute Gasteiger partial charge is 0.440 e. The molecular weight excluding hydrogens is 286 g/mol. The van der Waals surface area contributed by atoms with E-state index in [4.69, 9.17) is 16.0 Å². The van der Waals surface area contributed by atoms with Crippen molar-refractivity contribution in [3.63, 3.8) is 0 Å². The number of unbranched alkanes of at least 4 members (excludes halogenated alkanes) is 6. The highest BCUT2D eigenvalue weighted by molar-refractivity contribution is 6.29. The van der Waals surface area contributed by atoms with E-state index in [-0.39, 0.29) is 11.1 Å². The van der Waals surface area contributed by atoms with Gasteiger partial charge in [0, 0.05) is 13.1 Å². The first-order chi connectivity index (χ1) is 10.2. The van der Waals surface area contributed by atoms with Gasteiger partial charge in [-0.15, -0.1) is 0 Å². The van der Waals surface area contributed by atoms with Crippen molar-refractivity contribution in [3.8, 4) is 0 Å². The van der Waals surface area contributed by atoms with Gasteiger partial charge < -0.3 is 9.32 Å². The molecule has 3 nitrogen and oxygen atoms in total. The molecule has 1 rings (SSSR count). The molecular formula is C17H28ClNO2. The molecule has 1 aromatic heterocycles. The lowest BCUT2D eigenvalue weighted by molar-refractivity contribution is 0.0717. The molecule has 0 aliphatic carbocycles. The summed E-state index contributed by atoms with van der Waals surface area (Å²) >= 11 is 5.76. The summed E-state index contributed by atoms with van der Waals surface area (Å²) in [4.78, 5) is 14.4. The predicted octanol–water partition coefficient (Wildman–Crippen LogP) is 5.54. The van der Waals surface area contributed by atoms with Crippen molar-refractivity contribution in [2.24, 2.45) is 0 Å². The summed E-state index contributed by atoms with van der Waals surface area (Å²) < 4.78 is 5.26. The topological polar surface area (TPSA) is 33.5 Å². The van der Waals surface area contributed by atoms with Crippen LogP contribution >= 0.6 is 11.6 Å². The third kappa shape index (κ3) is 7.03. The molecule has 0 aliphatic heterocycles. The van der Waals surface area contributed by atoms with Crippen LogP contribution in [0.25, 0.3) is 0 Å². The van der Waals surface area contributed by atoms with Crippen molar-refractivity contribution in [1.82, 2.24) is 4.90 Å². The van der Waals surface area contributed by atoms with E-state index in [0.29, 0.717) is 5.76 Å². The van der Waals surface area contributed by atoms with Crippen LogP contribution < -0.4 is 0 Å². The number of amides is 1. The minimum atomic E-state index is -0.0325. The molecule has 0 fully saturated rings. The van der Waals surface area contributed by atoms with Gasteiger partial charge in [0.2, 0.25) is 0 Å². The summed E-state index contributed by atoms with van der Waals surface area (Å²) in [6.07, 6.45) is 9.33. The van der Waals surface area contributed by atoms with Gasteiger partial charge in [0.1, 0.15) is 0 Å². The normalized spacial score (nSPS) is 10.8. The standard InChI is InChI=1S/C17H28ClNO2/c1-3-5-7-9-13-19(14-10-8-6-4-2)17(20)15-11-12-16(18)21-15/h11-12H,3-10,13-14H2,1-2H3. The van der Waals surface area contributed by atoms with E-state index in [2.05, 4.69) is 13.8 Å². The molecule has 0 atom stereocenters. The van der Waals surface area contributed by atoms with Gasteiger partial charge in [-0.1, -0.05) is 52.4 Å². The number of rotatable bonds is 11. The Bertz CT molecular complexity index is 391. The monoisotopic (exact) mass is 313 g/mol. The van der Waals surface area contributed by atoms with E-state index in [1.807, 2.05) is 4.90 Å². The van der Waals surface area contributed by atoms with Crippen LogP contribution in [0.3, 0.4) is 0 Å². The number of carbonyl (C=O) groups excluding carboxylic acids is 1. The van der Waals surface area contributed by atoms with Crippen molar-refractivity contribution in [3.05, 3.63) is 23.1 Å². The quantitative estimate of drug-likeness (QED) is 0.503. The lowest BCUT2D eigenvalue weighted by atomic mass is 10.1. The third-order valence-corrected chi connectivity index (χ3v) is 3.84. The molecule has 4 heteroatoms. The molecule has 0 bridgehead atoms. The maximum Gasteiger partial charge on any atom is 0.289 e. The molecule has 120 valence electrons. The second-order valence-electron chi connectivity index (χ2n) is 5.52. The van der Waals surface area contributed by atoms with Crippen LogP contribution in [-0.2, 0) is 0 Å². The lowest BCUT2D eigenvalue weighted by Gasteiger charge is -2.21. The van der Waals surface area contributed by atoms with Gasteiger partial charge in [-0.2, -0.15) is 0 Å². The number of hydrogen-bond donors (Lipinski definition) is 0. The van der Waals surface area contributed by atoms with E-state index in [1.54, 1.807) is 12.1 Å². The maximum atomic E-state index is 12.5. The van der Waals surface area contributed by atoms with Crippen molar-refractivity contribution in [2.75, 3.05) is 13.1 Å². The van der Waals surface area contributed by atoms with Crippen molar-refractivity contribution >= 4 is 17.5 Å². The molecule has 0 saturated carbocycles. The van der Waals surface area contributed by atoms with Crippen LogP contribution in [0.4, 0.5) is 0 Å². The molecule has 21 heavy (non-hydrogen) atoms. The Morgan fingerprint density at radius 3 is 2.00 bits per heavy atom. The van der Waals surface area contributed by atoms with Crippen LogP contribution in [0, 0.1) is 0 Å². The predicted molar refractivity (Wildman–Crippen MR) is 87.9 cm³/mol. The molecule has 0 spiro atoms. The summed E-state index contributed by atoms with van der Waals surface area (Å²) in [5.74, 6) is 0.320. The minimum absolute atomic E-state index is 0.0325. The summed E-state index contributed by atoms with van der Waals surface area (Å²) in [7, 11) is 0. The fourth-order valence-electron chi connectivity index (χ4n) is 2.36. The number of halogens is 1. The van der Waals surface area contributed by atoms with Crippen LogP contribution in [0.5, 0.6) is 0 Å². The SMILES string of the molecule is CCCCCCN(CCCCCC)C(=O)c1ccc(Cl)o1. The minimum Gasteiger partial charge on any atom is -0.440 e. The molecule has 1 heterocycles. The van der Waals surface area contributed by atoms with Gasteiger partial charge in [-0.05, 0) is 36.6 Å². The fraction of sp³-hybridized carbons (Fsp3) is 0.706. The Morgan fingerprint density at radius 2 is 1.57 bits per heavy atom. The highest BCUT2D eigenvalue weighted by atomic mass is 35.5. The first-order valence-corrected chi connectivity index (χ1v) is 8.61. The first kappa shape index (κ1) is 18.1. The Hall–Kier alpha value is -0.960. The van der Waals surface area contributed by atoms with Gasteiger partial charge in [0.25, 0.3) is 5.91 Å². The zero-order chi connectivity index (χ0) is 15.5. The lowest BCUT2D eigenvalue weighted by Crippen LogP contribution is -2.32. The molecule has 0 saturated heterocycles. The first-order valence-electron chi connectivity index (χ1n) is 8.23. The summed E-state index contributed by atoms with van der Waals surface area (Å²) in [6, 6.07) is 3.29. The second-order valence-corrected chi connectivity index (χ2v) is 5.89. The summed E-state index contributed by atoms with van der Waals surface area (Å²) in [5.41, 5.74) is 0. The number of nitrogens with zero attached hydrogens (tertiary/aromatic N) is 1. The van der Waals surface area contributed by atoms with Crippen molar-refractivity contribution in [2.45, 2.75) is 65.2 Å². The average Bonchev–Trinajstić information content (AvgIpc) is 2.91. The molecule has 0 unspecified atom stereocenters. The highest BCUT2D eigenvalue weighted by Crippen LogP contribution is 2.16. The van der Waals surface area contributed by atoms with E-state index in [9.17, 15) is 4.79 Å². The zero-order valence-corrected chi connectivity index (χ0v) is 14.1.